The molecule has 1 unspecified atom stereocenters. The van der Waals surface area contributed by atoms with E-state index < -0.39 is 12.5 Å². The third-order valence-electron chi connectivity index (χ3n) is 0.555. The van der Waals surface area contributed by atoms with E-state index in [1.807, 2.05) is 0 Å². The van der Waals surface area contributed by atoms with Crippen molar-refractivity contribution in [2.24, 2.45) is 0 Å². The van der Waals surface area contributed by atoms with Gasteiger partial charge in [-0.15, -0.1) is 0 Å². The lowest BCUT2D eigenvalue weighted by atomic mass is 10.6. The summed E-state index contributed by atoms with van der Waals surface area (Å²) >= 11 is 0. The molecular formula is C3H5F3O2. The first-order valence-electron chi connectivity index (χ1n) is 1.75. The summed E-state index contributed by atoms with van der Waals surface area (Å²) in [5, 5.41) is 7.76. The molecule has 0 aromatic carbocycles. The van der Waals surface area contributed by atoms with Crippen LogP contribution in [0.3, 0.4) is 0 Å². The number of methoxy groups -OCH3 is 1. The summed E-state index contributed by atoms with van der Waals surface area (Å²) in [6.45, 7) is 0. The fourth-order valence-corrected chi connectivity index (χ4v) is 0.0891. The van der Waals surface area contributed by atoms with Crippen molar-refractivity contribution < 1.29 is 23.0 Å². The Morgan fingerprint density at radius 1 is 1.62 bits per heavy atom. The van der Waals surface area contributed by atoms with Crippen molar-refractivity contribution >= 4 is 0 Å². The van der Waals surface area contributed by atoms with Crippen LogP contribution >= 0.6 is 0 Å². The van der Waals surface area contributed by atoms with Crippen LogP contribution in [0.5, 0.6) is 0 Å². The molecule has 0 radical (unpaired) electrons. The van der Waals surface area contributed by atoms with Crippen LogP contribution < -0.4 is 0 Å². The molecule has 0 saturated heterocycles. The molecule has 0 rings (SSSR count). The molecule has 0 aliphatic heterocycles. The summed E-state index contributed by atoms with van der Waals surface area (Å²) in [5.41, 5.74) is 0. The molecule has 0 aromatic heterocycles. The quantitative estimate of drug-likeness (QED) is 0.552. The zero-order valence-corrected chi connectivity index (χ0v) is 4.07. The first-order chi connectivity index (χ1) is 3.50. The predicted molar refractivity (Wildman–Crippen MR) is 19.1 cm³/mol. The van der Waals surface area contributed by atoms with Gasteiger partial charge in [0.25, 0.3) is 0 Å². The van der Waals surface area contributed by atoms with E-state index in [9.17, 15) is 13.2 Å². The first-order valence-corrected chi connectivity index (χ1v) is 1.75. The van der Waals surface area contributed by atoms with Crippen molar-refractivity contribution in [3.05, 3.63) is 0 Å². The Hall–Kier alpha value is -0.290. The van der Waals surface area contributed by atoms with Gasteiger partial charge in [-0.2, -0.15) is 4.39 Å². The first kappa shape index (κ1) is 7.71. The number of alkyl halides is 3. The summed E-state index contributed by atoms with van der Waals surface area (Å²) in [4.78, 5) is 0. The number of hydrogen-bond donors (Lipinski definition) is 1. The molecule has 1 N–H and O–H groups in total. The van der Waals surface area contributed by atoms with Gasteiger partial charge in [-0.1, -0.05) is 0 Å². The topological polar surface area (TPSA) is 29.5 Å². The molecule has 1 atom stereocenters. The average Bonchev–Trinajstić information content (AvgIpc) is 1.67. The Balaban J connectivity index is 3.71. The number of halogens is 3. The van der Waals surface area contributed by atoms with Gasteiger partial charge in [0, 0.05) is 7.11 Å². The molecule has 0 aromatic rings. The highest BCUT2D eigenvalue weighted by atomic mass is 19.3. The van der Waals surface area contributed by atoms with Crippen LogP contribution in [0.1, 0.15) is 0 Å². The number of hydrogen-bond acceptors (Lipinski definition) is 2. The highest BCUT2D eigenvalue weighted by Crippen LogP contribution is 2.16. The van der Waals surface area contributed by atoms with Crippen molar-refractivity contribution in [1.29, 1.82) is 0 Å². The van der Waals surface area contributed by atoms with Gasteiger partial charge >= 0.3 is 12.5 Å². The molecule has 0 spiro atoms. The molecule has 2 nitrogen and oxygen atoms in total. The van der Waals surface area contributed by atoms with E-state index in [1.165, 1.54) is 0 Å². The third kappa shape index (κ3) is 1.67. The van der Waals surface area contributed by atoms with Crippen LogP contribution in [0.4, 0.5) is 13.2 Å². The summed E-state index contributed by atoms with van der Waals surface area (Å²) in [6, 6.07) is -3.79. The van der Waals surface area contributed by atoms with E-state index in [-0.39, 0.29) is 0 Å². The van der Waals surface area contributed by atoms with E-state index in [0.717, 1.165) is 0 Å². The smallest absolute Gasteiger partial charge is 0.335 e. The summed E-state index contributed by atoms with van der Waals surface area (Å²) in [6.07, 6.45) is -3.52. The maximum absolute atomic E-state index is 11.5. The second kappa shape index (κ2) is 2.32. The fourth-order valence-electron chi connectivity index (χ4n) is 0.0891. The fraction of sp³-hybridized carbons (Fsp3) is 1.00. The van der Waals surface area contributed by atoms with Crippen molar-refractivity contribution in [2.45, 2.75) is 12.5 Å². The third-order valence-corrected chi connectivity index (χ3v) is 0.555. The van der Waals surface area contributed by atoms with Crippen molar-refractivity contribution in [2.75, 3.05) is 7.11 Å². The van der Waals surface area contributed by atoms with Gasteiger partial charge < -0.3 is 9.84 Å². The predicted octanol–water partition coefficient (Wildman–Crippen LogP) is 0.514. The Bertz CT molecular complexity index is 72.9. The molecule has 50 valence electrons. The lowest BCUT2D eigenvalue weighted by Gasteiger charge is -2.13. The lowest BCUT2D eigenvalue weighted by molar-refractivity contribution is -0.333. The summed E-state index contributed by atoms with van der Waals surface area (Å²) < 4.78 is 37.0. The van der Waals surface area contributed by atoms with E-state index in [2.05, 4.69) is 4.74 Å². The Kier molecular flexibility index (Phi) is 2.24. The van der Waals surface area contributed by atoms with Gasteiger partial charge in [0.05, 0.1) is 0 Å². The van der Waals surface area contributed by atoms with Crippen molar-refractivity contribution in [3.8, 4) is 0 Å². The van der Waals surface area contributed by atoms with Crippen molar-refractivity contribution in [1.82, 2.24) is 0 Å². The maximum Gasteiger partial charge on any atom is 0.380 e. The molecule has 0 aliphatic rings. The van der Waals surface area contributed by atoms with E-state index in [1.54, 1.807) is 0 Å². The molecule has 8 heavy (non-hydrogen) atoms. The van der Waals surface area contributed by atoms with Crippen LogP contribution in [0.2, 0.25) is 0 Å². The summed E-state index contributed by atoms with van der Waals surface area (Å²) in [7, 11) is 0.645. The number of rotatable bonds is 2. The maximum atomic E-state index is 11.5. The van der Waals surface area contributed by atoms with Gasteiger partial charge in [0.2, 0.25) is 0 Å². The van der Waals surface area contributed by atoms with Gasteiger partial charge in [-0.3, -0.25) is 0 Å². The SMILES string of the molecule is COC(O)(F)C(F)F. The second-order valence-corrected chi connectivity index (χ2v) is 1.11. The largest absolute Gasteiger partial charge is 0.380 e. The molecule has 0 heterocycles. The monoisotopic (exact) mass is 130 g/mol. The average molecular weight is 130 g/mol. The van der Waals surface area contributed by atoms with Crippen molar-refractivity contribution in [3.63, 3.8) is 0 Å². The van der Waals surface area contributed by atoms with E-state index >= 15 is 0 Å². The molecule has 5 heteroatoms. The Labute approximate surface area is 43.9 Å². The summed E-state index contributed by atoms with van der Waals surface area (Å²) in [5.74, 6) is 0. The molecular weight excluding hydrogens is 125 g/mol. The normalized spacial score (nSPS) is 18.8. The standard InChI is InChI=1S/C3H5F3O2/c1-8-3(6,7)2(4)5/h2,7H,1H3. The van der Waals surface area contributed by atoms with Crippen LogP contribution in [-0.2, 0) is 4.74 Å². The van der Waals surface area contributed by atoms with Gasteiger partial charge in [0.1, 0.15) is 0 Å². The van der Waals surface area contributed by atoms with E-state index in [4.69, 9.17) is 5.11 Å². The minimum absolute atomic E-state index is 0.645. The Morgan fingerprint density at radius 3 is 2.00 bits per heavy atom. The zero-order valence-electron chi connectivity index (χ0n) is 4.07. The van der Waals surface area contributed by atoms with Gasteiger partial charge in [-0.25, -0.2) is 8.78 Å². The molecule has 0 amide bonds. The molecule has 0 aliphatic carbocycles. The lowest BCUT2D eigenvalue weighted by Crippen LogP contribution is -2.33. The molecule has 0 bridgehead atoms. The highest BCUT2D eigenvalue weighted by molar-refractivity contribution is 4.50. The van der Waals surface area contributed by atoms with Crippen LogP contribution in [0.25, 0.3) is 0 Å². The second-order valence-electron chi connectivity index (χ2n) is 1.11. The van der Waals surface area contributed by atoms with Crippen LogP contribution in [0.15, 0.2) is 0 Å². The minimum Gasteiger partial charge on any atom is -0.335 e. The van der Waals surface area contributed by atoms with Crippen LogP contribution in [0, 0.1) is 0 Å². The number of ether oxygens (including phenoxy) is 1. The van der Waals surface area contributed by atoms with Gasteiger partial charge in [-0.05, 0) is 0 Å². The zero-order chi connectivity index (χ0) is 6.78. The molecule has 0 saturated carbocycles. The van der Waals surface area contributed by atoms with E-state index in [0.29, 0.717) is 7.11 Å². The van der Waals surface area contributed by atoms with Crippen LogP contribution in [-0.4, -0.2) is 24.7 Å². The van der Waals surface area contributed by atoms with Gasteiger partial charge in [0.15, 0.2) is 0 Å². The minimum atomic E-state index is -3.79. The highest BCUT2D eigenvalue weighted by Gasteiger charge is 2.37. The Morgan fingerprint density at radius 2 is 2.00 bits per heavy atom. The number of aliphatic hydroxyl groups is 1. The molecule has 0 fully saturated rings.